The molecule has 1 aliphatic carbocycles. The molecule has 1 saturated heterocycles. The van der Waals surface area contributed by atoms with Crippen molar-refractivity contribution in [2.45, 2.75) is 38.1 Å². The molecular formula is C10H20N2O2S. The summed E-state index contributed by atoms with van der Waals surface area (Å²) in [4.78, 5) is 0. The van der Waals surface area contributed by atoms with Crippen LogP contribution in [-0.2, 0) is 10.0 Å². The third-order valence-corrected chi connectivity index (χ3v) is 5.43. The Labute approximate surface area is 91.9 Å². The highest BCUT2D eigenvalue weighted by Crippen LogP contribution is 2.32. The van der Waals surface area contributed by atoms with Crippen molar-refractivity contribution in [3.8, 4) is 0 Å². The molecule has 0 aromatic heterocycles. The molecule has 2 N–H and O–H groups in total. The quantitative estimate of drug-likeness (QED) is 0.769. The molecule has 0 aromatic carbocycles. The first kappa shape index (κ1) is 11.4. The van der Waals surface area contributed by atoms with Crippen LogP contribution in [0.5, 0.6) is 0 Å². The van der Waals surface area contributed by atoms with E-state index < -0.39 is 10.0 Å². The number of hydrogen-bond donors (Lipinski definition) is 1. The van der Waals surface area contributed by atoms with E-state index in [-0.39, 0.29) is 6.04 Å². The van der Waals surface area contributed by atoms with Crippen LogP contribution in [0, 0.1) is 5.92 Å². The van der Waals surface area contributed by atoms with Gasteiger partial charge in [0.1, 0.15) is 0 Å². The molecule has 1 heterocycles. The summed E-state index contributed by atoms with van der Waals surface area (Å²) in [5, 5.41) is 0. The molecular weight excluding hydrogens is 212 g/mol. The number of hydrogen-bond acceptors (Lipinski definition) is 3. The maximum atomic E-state index is 12.1. The third-order valence-electron chi connectivity index (χ3n) is 3.35. The van der Waals surface area contributed by atoms with Crippen molar-refractivity contribution in [2.24, 2.45) is 11.7 Å². The first-order chi connectivity index (χ1) is 7.13. The normalized spacial score (nSPS) is 29.3. The lowest BCUT2D eigenvalue weighted by Gasteiger charge is -2.33. The van der Waals surface area contributed by atoms with Gasteiger partial charge in [0.25, 0.3) is 0 Å². The SMILES string of the molecule is NCC1CCCCN1S(=O)(=O)CC1CC1. The van der Waals surface area contributed by atoms with Crippen molar-refractivity contribution in [1.29, 1.82) is 0 Å². The predicted octanol–water partition coefficient (Wildman–Crippen LogP) is 0.539. The van der Waals surface area contributed by atoms with Gasteiger partial charge in [-0.2, -0.15) is 4.31 Å². The number of nitrogens with zero attached hydrogens (tertiary/aromatic N) is 1. The van der Waals surface area contributed by atoms with Crippen LogP contribution in [-0.4, -0.2) is 37.6 Å². The van der Waals surface area contributed by atoms with Crippen LogP contribution in [0.4, 0.5) is 0 Å². The van der Waals surface area contributed by atoms with Gasteiger partial charge in [-0.25, -0.2) is 8.42 Å². The molecule has 1 aliphatic heterocycles. The third kappa shape index (κ3) is 2.71. The molecule has 2 rings (SSSR count). The molecule has 1 unspecified atom stereocenters. The number of piperidine rings is 1. The van der Waals surface area contributed by atoms with Crippen molar-refractivity contribution in [3.05, 3.63) is 0 Å². The number of nitrogens with two attached hydrogens (primary N) is 1. The Kier molecular flexibility index (Phi) is 3.33. The Bertz CT molecular complexity index is 311. The minimum Gasteiger partial charge on any atom is -0.329 e. The summed E-state index contributed by atoms with van der Waals surface area (Å²) in [7, 11) is -3.03. The maximum Gasteiger partial charge on any atom is 0.214 e. The molecule has 15 heavy (non-hydrogen) atoms. The molecule has 2 aliphatic rings. The van der Waals surface area contributed by atoms with Gasteiger partial charge in [-0.3, -0.25) is 0 Å². The van der Waals surface area contributed by atoms with E-state index in [0.717, 1.165) is 32.1 Å². The highest BCUT2D eigenvalue weighted by molar-refractivity contribution is 7.89. The first-order valence-electron chi connectivity index (χ1n) is 5.83. The molecule has 0 bridgehead atoms. The lowest BCUT2D eigenvalue weighted by atomic mass is 10.1. The lowest BCUT2D eigenvalue weighted by molar-refractivity contribution is 0.257. The summed E-state index contributed by atoms with van der Waals surface area (Å²) in [6, 6.07) is 0.0579. The van der Waals surface area contributed by atoms with Gasteiger partial charge in [0, 0.05) is 19.1 Å². The van der Waals surface area contributed by atoms with Crippen molar-refractivity contribution < 1.29 is 8.42 Å². The molecule has 0 radical (unpaired) electrons. The Balaban J connectivity index is 2.04. The second-order valence-electron chi connectivity index (χ2n) is 4.72. The summed E-state index contributed by atoms with van der Waals surface area (Å²) in [5.41, 5.74) is 5.63. The zero-order chi connectivity index (χ0) is 10.9. The van der Waals surface area contributed by atoms with Gasteiger partial charge in [0.05, 0.1) is 5.75 Å². The van der Waals surface area contributed by atoms with E-state index in [4.69, 9.17) is 5.73 Å². The fourth-order valence-electron chi connectivity index (χ4n) is 2.25. The van der Waals surface area contributed by atoms with Crippen LogP contribution in [0.3, 0.4) is 0 Å². The van der Waals surface area contributed by atoms with Crippen LogP contribution < -0.4 is 5.73 Å². The fraction of sp³-hybridized carbons (Fsp3) is 1.00. The van der Waals surface area contributed by atoms with E-state index in [1.165, 1.54) is 0 Å². The average molecular weight is 232 g/mol. The molecule has 0 amide bonds. The van der Waals surface area contributed by atoms with E-state index in [2.05, 4.69) is 0 Å². The molecule has 5 heteroatoms. The highest BCUT2D eigenvalue weighted by atomic mass is 32.2. The lowest BCUT2D eigenvalue weighted by Crippen LogP contribution is -2.48. The van der Waals surface area contributed by atoms with Crippen molar-refractivity contribution in [2.75, 3.05) is 18.8 Å². The van der Waals surface area contributed by atoms with Gasteiger partial charge in [0.15, 0.2) is 0 Å². The molecule has 1 atom stereocenters. The predicted molar refractivity (Wildman–Crippen MR) is 59.9 cm³/mol. The van der Waals surface area contributed by atoms with Crippen molar-refractivity contribution in [3.63, 3.8) is 0 Å². The van der Waals surface area contributed by atoms with Crippen LogP contribution in [0.2, 0.25) is 0 Å². The van der Waals surface area contributed by atoms with Crippen LogP contribution in [0.15, 0.2) is 0 Å². The molecule has 1 saturated carbocycles. The van der Waals surface area contributed by atoms with Gasteiger partial charge in [-0.1, -0.05) is 6.42 Å². The van der Waals surface area contributed by atoms with E-state index in [1.807, 2.05) is 0 Å². The molecule has 0 spiro atoms. The Morgan fingerprint density at radius 1 is 1.20 bits per heavy atom. The molecule has 4 nitrogen and oxygen atoms in total. The summed E-state index contributed by atoms with van der Waals surface area (Å²) >= 11 is 0. The van der Waals surface area contributed by atoms with E-state index >= 15 is 0 Å². The van der Waals surface area contributed by atoms with Gasteiger partial charge in [-0.05, 0) is 31.6 Å². The van der Waals surface area contributed by atoms with Crippen LogP contribution in [0.25, 0.3) is 0 Å². The fourth-order valence-corrected chi connectivity index (χ4v) is 4.43. The maximum absolute atomic E-state index is 12.1. The van der Waals surface area contributed by atoms with Crippen LogP contribution >= 0.6 is 0 Å². The molecule has 0 aromatic rings. The second-order valence-corrected chi connectivity index (χ2v) is 6.68. The minimum atomic E-state index is -3.03. The monoisotopic (exact) mass is 232 g/mol. The number of rotatable bonds is 4. The summed E-state index contributed by atoms with van der Waals surface area (Å²) < 4.78 is 25.8. The van der Waals surface area contributed by atoms with E-state index in [0.29, 0.717) is 24.8 Å². The Morgan fingerprint density at radius 3 is 2.53 bits per heavy atom. The number of sulfonamides is 1. The average Bonchev–Trinajstić information content (AvgIpc) is 3.01. The summed E-state index contributed by atoms with van der Waals surface area (Å²) in [5.74, 6) is 0.777. The zero-order valence-electron chi connectivity index (χ0n) is 9.06. The van der Waals surface area contributed by atoms with E-state index in [1.54, 1.807) is 4.31 Å². The minimum absolute atomic E-state index is 0.0579. The van der Waals surface area contributed by atoms with Crippen LogP contribution in [0.1, 0.15) is 32.1 Å². The highest BCUT2D eigenvalue weighted by Gasteiger charge is 2.36. The van der Waals surface area contributed by atoms with Crippen molar-refractivity contribution >= 4 is 10.0 Å². The second kappa shape index (κ2) is 4.39. The summed E-state index contributed by atoms with van der Waals surface area (Å²) in [6.45, 7) is 1.14. The van der Waals surface area contributed by atoms with Gasteiger partial charge in [-0.15, -0.1) is 0 Å². The Morgan fingerprint density at radius 2 is 1.93 bits per heavy atom. The zero-order valence-corrected chi connectivity index (χ0v) is 9.88. The largest absolute Gasteiger partial charge is 0.329 e. The van der Waals surface area contributed by atoms with Gasteiger partial charge in [0.2, 0.25) is 10.0 Å². The van der Waals surface area contributed by atoms with Gasteiger partial charge < -0.3 is 5.73 Å². The van der Waals surface area contributed by atoms with E-state index in [9.17, 15) is 8.42 Å². The smallest absolute Gasteiger partial charge is 0.214 e. The van der Waals surface area contributed by atoms with Gasteiger partial charge >= 0.3 is 0 Å². The molecule has 88 valence electrons. The first-order valence-corrected chi connectivity index (χ1v) is 7.44. The standard InChI is InChI=1S/C10H20N2O2S/c11-7-10-3-1-2-6-12(10)15(13,14)8-9-4-5-9/h9-10H,1-8,11H2. The van der Waals surface area contributed by atoms with Crippen molar-refractivity contribution in [1.82, 2.24) is 4.31 Å². The Hall–Kier alpha value is -0.130. The summed E-state index contributed by atoms with van der Waals surface area (Å²) in [6.07, 6.45) is 5.19. The molecule has 2 fully saturated rings. The topological polar surface area (TPSA) is 63.4 Å².